The number of hydroxylamine groups is 2. The lowest BCUT2D eigenvalue weighted by Crippen LogP contribution is -2.15. The van der Waals surface area contributed by atoms with E-state index in [0.29, 0.717) is 11.6 Å². The minimum atomic E-state index is -0.624. The monoisotopic (exact) mass is 401 g/mol. The average molecular weight is 402 g/mol. The fourth-order valence-electron chi connectivity index (χ4n) is 3.03. The van der Waals surface area contributed by atoms with E-state index in [2.05, 4.69) is 10.2 Å². The smallest absolute Gasteiger partial charge is 0.177 e. The molecule has 0 bridgehead atoms. The molecule has 0 N–H and O–H groups in total. The van der Waals surface area contributed by atoms with Gasteiger partial charge in [0.1, 0.15) is 12.9 Å². The zero-order chi connectivity index (χ0) is 19.0. The number of halogens is 2. The van der Waals surface area contributed by atoms with Crippen molar-refractivity contribution in [3.05, 3.63) is 76.3 Å². The first-order valence-electron chi connectivity index (χ1n) is 8.35. The predicted molar refractivity (Wildman–Crippen MR) is 106 cm³/mol. The Labute approximate surface area is 167 Å². The van der Waals surface area contributed by atoms with Crippen molar-refractivity contribution in [2.45, 2.75) is 12.1 Å². The van der Waals surface area contributed by atoms with Crippen LogP contribution in [0, 0.1) is 0 Å². The first kappa shape index (κ1) is 18.1. The molecule has 1 unspecified atom stereocenters. The van der Waals surface area contributed by atoms with Crippen LogP contribution < -0.4 is 0 Å². The number of rotatable bonds is 4. The van der Waals surface area contributed by atoms with E-state index < -0.39 is 5.56 Å². The molecule has 138 valence electrons. The number of fused-ring (bicyclic) bond motifs is 3. The Morgan fingerprint density at radius 1 is 1.15 bits per heavy atom. The molecule has 1 aliphatic rings. The minimum Gasteiger partial charge on any atom is -0.283 e. The number of hydrogen-bond donors (Lipinski definition) is 0. The van der Waals surface area contributed by atoms with Crippen LogP contribution >= 0.6 is 23.2 Å². The molecule has 6 nitrogen and oxygen atoms in total. The van der Waals surface area contributed by atoms with Crippen LogP contribution in [0.1, 0.15) is 28.1 Å². The van der Waals surface area contributed by atoms with Gasteiger partial charge in [0.2, 0.25) is 0 Å². The maximum atomic E-state index is 6.46. The molecule has 4 rings (SSSR count). The lowest BCUT2D eigenvalue weighted by Gasteiger charge is -2.19. The third-order valence-electron chi connectivity index (χ3n) is 4.23. The van der Waals surface area contributed by atoms with Crippen molar-refractivity contribution in [1.29, 1.82) is 0 Å². The first-order chi connectivity index (χ1) is 13.0. The van der Waals surface area contributed by atoms with Crippen LogP contribution in [0.2, 0.25) is 5.02 Å². The standard InChI is InChI=1S/C19H17Cl2N5O/c1-25(2)27-19(21)12-7-8-16-14(9-12)18(13-5-3-4-6-15(13)20)22-10-17-24-23-11-26(16)17/h3-9,11,19H,10H2,1-2H3. The Kier molecular flexibility index (Phi) is 4.97. The average Bonchev–Trinajstić information content (AvgIpc) is 3.05. The Morgan fingerprint density at radius 3 is 2.74 bits per heavy atom. The summed E-state index contributed by atoms with van der Waals surface area (Å²) < 4.78 is 1.93. The van der Waals surface area contributed by atoms with Crippen LogP contribution in [0.5, 0.6) is 0 Å². The maximum absolute atomic E-state index is 6.46. The van der Waals surface area contributed by atoms with Crippen LogP contribution in [0.4, 0.5) is 0 Å². The van der Waals surface area contributed by atoms with Crippen molar-refractivity contribution in [1.82, 2.24) is 19.8 Å². The zero-order valence-corrected chi connectivity index (χ0v) is 16.3. The van der Waals surface area contributed by atoms with Crippen LogP contribution in [-0.2, 0) is 11.4 Å². The number of hydrogen-bond acceptors (Lipinski definition) is 5. The van der Waals surface area contributed by atoms with Crippen molar-refractivity contribution in [3.8, 4) is 5.69 Å². The lowest BCUT2D eigenvalue weighted by atomic mass is 9.98. The lowest BCUT2D eigenvalue weighted by molar-refractivity contribution is -0.137. The number of nitrogens with zero attached hydrogens (tertiary/aromatic N) is 5. The summed E-state index contributed by atoms with van der Waals surface area (Å²) in [6.45, 7) is 0.406. The number of aromatic nitrogens is 3. The molecule has 0 saturated heterocycles. The molecular weight excluding hydrogens is 385 g/mol. The molecular formula is C19H17Cl2N5O. The van der Waals surface area contributed by atoms with E-state index in [4.69, 9.17) is 33.0 Å². The van der Waals surface area contributed by atoms with Gasteiger partial charge in [-0.15, -0.1) is 10.2 Å². The van der Waals surface area contributed by atoms with Gasteiger partial charge in [-0.25, -0.2) is 0 Å². The van der Waals surface area contributed by atoms with Gasteiger partial charge < -0.3 is 0 Å². The van der Waals surface area contributed by atoms with Crippen LogP contribution in [-0.4, -0.2) is 39.6 Å². The molecule has 2 heterocycles. The SMILES string of the molecule is CN(C)OC(Cl)c1ccc2c(c1)C(c1ccccc1Cl)=NCc1nncn1-2. The Hall–Kier alpha value is -2.25. The van der Waals surface area contributed by atoms with Gasteiger partial charge in [0, 0.05) is 30.2 Å². The summed E-state index contributed by atoms with van der Waals surface area (Å²) >= 11 is 12.9. The van der Waals surface area contributed by atoms with Crippen molar-refractivity contribution in [3.63, 3.8) is 0 Å². The van der Waals surface area contributed by atoms with Gasteiger partial charge >= 0.3 is 0 Å². The second-order valence-electron chi connectivity index (χ2n) is 6.27. The third-order valence-corrected chi connectivity index (χ3v) is 4.89. The second kappa shape index (κ2) is 7.40. The van der Waals surface area contributed by atoms with Crippen LogP contribution in [0.15, 0.2) is 53.8 Å². The Morgan fingerprint density at radius 2 is 1.96 bits per heavy atom. The summed E-state index contributed by atoms with van der Waals surface area (Å²) in [5.41, 5.74) is 3.66. The highest BCUT2D eigenvalue weighted by Crippen LogP contribution is 2.31. The molecule has 1 aromatic heterocycles. The number of alkyl halides is 1. The van der Waals surface area contributed by atoms with Gasteiger partial charge in [-0.05, 0) is 23.8 Å². The summed E-state index contributed by atoms with van der Waals surface area (Å²) in [5, 5.41) is 10.4. The molecule has 0 spiro atoms. The van der Waals surface area contributed by atoms with Crippen molar-refractivity contribution in [2.75, 3.05) is 14.1 Å². The van der Waals surface area contributed by atoms with Gasteiger partial charge in [0.15, 0.2) is 11.4 Å². The van der Waals surface area contributed by atoms with E-state index >= 15 is 0 Å². The van der Waals surface area contributed by atoms with E-state index in [1.54, 1.807) is 25.5 Å². The van der Waals surface area contributed by atoms with Crippen molar-refractivity contribution < 1.29 is 4.84 Å². The molecule has 0 aliphatic carbocycles. The van der Waals surface area contributed by atoms with Gasteiger partial charge in [-0.3, -0.25) is 14.4 Å². The van der Waals surface area contributed by atoms with E-state index in [-0.39, 0.29) is 0 Å². The van der Waals surface area contributed by atoms with E-state index in [0.717, 1.165) is 33.9 Å². The molecule has 27 heavy (non-hydrogen) atoms. The Bertz CT molecular complexity index is 1010. The molecule has 1 aliphatic heterocycles. The van der Waals surface area contributed by atoms with E-state index in [1.807, 2.05) is 47.0 Å². The normalized spacial score (nSPS) is 14.3. The van der Waals surface area contributed by atoms with Gasteiger partial charge in [-0.2, -0.15) is 5.06 Å². The minimum absolute atomic E-state index is 0.406. The summed E-state index contributed by atoms with van der Waals surface area (Å²) in [6, 6.07) is 13.5. The number of benzene rings is 2. The van der Waals surface area contributed by atoms with Crippen LogP contribution in [0.25, 0.3) is 5.69 Å². The molecule has 0 fully saturated rings. The molecule has 2 aromatic carbocycles. The van der Waals surface area contributed by atoms with Crippen LogP contribution in [0.3, 0.4) is 0 Å². The third kappa shape index (κ3) is 3.49. The quantitative estimate of drug-likeness (QED) is 0.489. The predicted octanol–water partition coefficient (Wildman–Crippen LogP) is 4.00. The highest BCUT2D eigenvalue weighted by atomic mass is 35.5. The summed E-state index contributed by atoms with van der Waals surface area (Å²) in [5.74, 6) is 0.762. The van der Waals surface area contributed by atoms with E-state index in [1.165, 1.54) is 0 Å². The maximum Gasteiger partial charge on any atom is 0.177 e. The summed E-state index contributed by atoms with van der Waals surface area (Å²) in [6.07, 6.45) is 1.69. The molecule has 0 saturated carbocycles. The van der Waals surface area contributed by atoms with Gasteiger partial charge in [0.25, 0.3) is 0 Å². The second-order valence-corrected chi connectivity index (χ2v) is 7.08. The zero-order valence-electron chi connectivity index (χ0n) is 14.8. The molecule has 0 radical (unpaired) electrons. The van der Waals surface area contributed by atoms with Gasteiger partial charge in [0.05, 0.1) is 11.4 Å². The first-order valence-corrected chi connectivity index (χ1v) is 9.17. The topological polar surface area (TPSA) is 55.5 Å². The van der Waals surface area contributed by atoms with Crippen molar-refractivity contribution >= 4 is 28.9 Å². The molecule has 3 aromatic rings. The highest BCUT2D eigenvalue weighted by molar-refractivity contribution is 6.35. The van der Waals surface area contributed by atoms with E-state index in [9.17, 15) is 0 Å². The summed E-state index contributed by atoms with van der Waals surface area (Å²) in [7, 11) is 3.58. The Balaban J connectivity index is 1.89. The highest BCUT2D eigenvalue weighted by Gasteiger charge is 2.23. The fraction of sp³-hybridized carbons (Fsp3) is 0.211. The molecule has 0 amide bonds. The summed E-state index contributed by atoms with van der Waals surface area (Å²) in [4.78, 5) is 10.4. The fourth-order valence-corrected chi connectivity index (χ4v) is 3.55. The molecule has 8 heteroatoms. The van der Waals surface area contributed by atoms with Gasteiger partial charge in [-0.1, -0.05) is 47.5 Å². The largest absolute Gasteiger partial charge is 0.283 e. The molecule has 1 atom stereocenters. The number of aliphatic imine (C=N–C) groups is 1. The van der Waals surface area contributed by atoms with Crippen molar-refractivity contribution in [2.24, 2.45) is 4.99 Å².